The van der Waals surface area contributed by atoms with E-state index in [1.54, 1.807) is 31.3 Å². The Balaban J connectivity index is 1.90. The molecule has 26 heavy (non-hydrogen) atoms. The molecule has 1 fully saturated rings. The van der Waals surface area contributed by atoms with Gasteiger partial charge >= 0.3 is 0 Å². The fourth-order valence-electron chi connectivity index (χ4n) is 2.35. The van der Waals surface area contributed by atoms with Crippen LogP contribution in [0.3, 0.4) is 0 Å². The monoisotopic (exact) mass is 432 g/mol. The average molecular weight is 433 g/mol. The smallest absolute Gasteiger partial charge is 0.266 e. The fraction of sp³-hybridized carbons (Fsp3) is 0.158. The van der Waals surface area contributed by atoms with E-state index < -0.39 is 0 Å². The standard InChI is InChI=1S/C19H17BrN2O3S/c1-3-25-15-6-4-5-12(17(15)23)11-16-18(24)22(2)19(26-16)21-14-9-7-13(20)8-10-14/h4-11,23H,3H2,1-2H3/b16-11-,21-19?. The van der Waals surface area contributed by atoms with Gasteiger partial charge in [-0.15, -0.1) is 0 Å². The zero-order chi connectivity index (χ0) is 18.7. The molecule has 7 heteroatoms. The summed E-state index contributed by atoms with van der Waals surface area (Å²) in [5.41, 5.74) is 1.29. The molecule has 134 valence electrons. The summed E-state index contributed by atoms with van der Waals surface area (Å²) in [6, 6.07) is 12.7. The topological polar surface area (TPSA) is 62.1 Å². The van der Waals surface area contributed by atoms with E-state index in [0.717, 1.165) is 10.2 Å². The van der Waals surface area contributed by atoms with E-state index in [2.05, 4.69) is 20.9 Å². The number of ether oxygens (including phenoxy) is 1. The lowest BCUT2D eigenvalue weighted by Crippen LogP contribution is -2.23. The highest BCUT2D eigenvalue weighted by Gasteiger charge is 2.30. The largest absolute Gasteiger partial charge is 0.504 e. The van der Waals surface area contributed by atoms with Gasteiger partial charge in [-0.25, -0.2) is 4.99 Å². The first-order valence-corrected chi connectivity index (χ1v) is 9.57. The number of hydrogen-bond acceptors (Lipinski definition) is 5. The number of nitrogens with zero attached hydrogens (tertiary/aromatic N) is 2. The van der Waals surface area contributed by atoms with Crippen molar-refractivity contribution in [3.05, 3.63) is 57.4 Å². The summed E-state index contributed by atoms with van der Waals surface area (Å²) >= 11 is 4.66. The first-order valence-electron chi connectivity index (χ1n) is 7.96. The number of phenols is 1. The highest BCUT2D eigenvalue weighted by Crippen LogP contribution is 2.37. The number of para-hydroxylation sites is 1. The summed E-state index contributed by atoms with van der Waals surface area (Å²) in [7, 11) is 1.68. The Morgan fingerprint density at radius 1 is 1.27 bits per heavy atom. The first kappa shape index (κ1) is 18.5. The van der Waals surface area contributed by atoms with Crippen LogP contribution in [0.5, 0.6) is 11.5 Å². The summed E-state index contributed by atoms with van der Waals surface area (Å²) in [5.74, 6) is 0.262. The lowest BCUT2D eigenvalue weighted by molar-refractivity contribution is -0.121. The number of rotatable bonds is 4. The van der Waals surface area contributed by atoms with Crippen LogP contribution in [0.2, 0.25) is 0 Å². The number of carbonyl (C=O) groups excluding carboxylic acids is 1. The Hall–Kier alpha value is -2.25. The molecule has 3 rings (SSSR count). The van der Waals surface area contributed by atoms with E-state index in [1.165, 1.54) is 16.7 Å². The van der Waals surface area contributed by atoms with Crippen LogP contribution in [0.4, 0.5) is 5.69 Å². The maximum atomic E-state index is 12.5. The molecule has 1 saturated heterocycles. The molecule has 0 saturated carbocycles. The molecule has 1 aliphatic rings. The second kappa shape index (κ2) is 7.97. The highest BCUT2D eigenvalue weighted by atomic mass is 79.9. The predicted molar refractivity (Wildman–Crippen MR) is 109 cm³/mol. The molecule has 0 bridgehead atoms. The number of amidine groups is 1. The molecule has 0 unspecified atom stereocenters. The van der Waals surface area contributed by atoms with Crippen molar-refractivity contribution in [1.29, 1.82) is 0 Å². The van der Waals surface area contributed by atoms with Gasteiger partial charge in [-0.1, -0.05) is 28.1 Å². The lowest BCUT2D eigenvalue weighted by Gasteiger charge is -2.08. The van der Waals surface area contributed by atoms with E-state index >= 15 is 0 Å². The summed E-state index contributed by atoms with van der Waals surface area (Å²) in [6.07, 6.45) is 1.66. The minimum Gasteiger partial charge on any atom is -0.504 e. The second-order valence-electron chi connectivity index (χ2n) is 5.47. The van der Waals surface area contributed by atoms with Gasteiger partial charge in [0, 0.05) is 17.1 Å². The van der Waals surface area contributed by atoms with Gasteiger partial charge in [-0.3, -0.25) is 9.69 Å². The van der Waals surface area contributed by atoms with E-state index in [-0.39, 0.29) is 11.7 Å². The zero-order valence-electron chi connectivity index (χ0n) is 14.3. The van der Waals surface area contributed by atoms with Gasteiger partial charge in [0.1, 0.15) is 0 Å². The zero-order valence-corrected chi connectivity index (χ0v) is 16.7. The Labute approximate surface area is 164 Å². The molecule has 2 aromatic carbocycles. The van der Waals surface area contributed by atoms with Crippen LogP contribution < -0.4 is 4.74 Å². The maximum Gasteiger partial charge on any atom is 0.266 e. The highest BCUT2D eigenvalue weighted by molar-refractivity contribution is 9.10. The summed E-state index contributed by atoms with van der Waals surface area (Å²) in [4.78, 5) is 19.0. The van der Waals surface area contributed by atoms with Crippen LogP contribution >= 0.6 is 27.7 Å². The predicted octanol–water partition coefficient (Wildman–Crippen LogP) is 4.79. The Bertz CT molecular complexity index is 894. The van der Waals surface area contributed by atoms with Crippen LogP contribution in [-0.4, -0.2) is 34.7 Å². The number of aliphatic imine (C=N–C) groups is 1. The number of halogens is 1. The molecular formula is C19H17BrN2O3S. The number of carbonyl (C=O) groups is 1. The number of benzene rings is 2. The van der Waals surface area contributed by atoms with E-state index in [4.69, 9.17) is 4.74 Å². The Morgan fingerprint density at radius 3 is 2.69 bits per heavy atom. The van der Waals surface area contributed by atoms with Crippen molar-refractivity contribution in [2.45, 2.75) is 6.92 Å². The van der Waals surface area contributed by atoms with Gasteiger partial charge in [0.25, 0.3) is 5.91 Å². The SMILES string of the molecule is CCOc1cccc(/C=C2\SC(=Nc3ccc(Br)cc3)N(C)C2=O)c1O. The summed E-state index contributed by atoms with van der Waals surface area (Å²) in [6.45, 7) is 2.30. The van der Waals surface area contributed by atoms with Crippen molar-refractivity contribution in [2.75, 3.05) is 13.7 Å². The minimum atomic E-state index is -0.160. The van der Waals surface area contributed by atoms with Crippen molar-refractivity contribution in [3.8, 4) is 11.5 Å². The van der Waals surface area contributed by atoms with Crippen LogP contribution in [0, 0.1) is 0 Å². The van der Waals surface area contributed by atoms with Crippen molar-refractivity contribution in [1.82, 2.24) is 4.90 Å². The van der Waals surface area contributed by atoms with Crippen molar-refractivity contribution in [3.63, 3.8) is 0 Å². The van der Waals surface area contributed by atoms with Gasteiger partial charge in [0.2, 0.25) is 0 Å². The van der Waals surface area contributed by atoms with Gasteiger partial charge in [0.05, 0.1) is 17.2 Å². The molecule has 1 heterocycles. The molecule has 0 atom stereocenters. The number of amides is 1. The summed E-state index contributed by atoms with van der Waals surface area (Å²) < 4.78 is 6.36. The molecule has 1 aliphatic heterocycles. The van der Waals surface area contributed by atoms with Gasteiger partial charge in [-0.2, -0.15) is 0 Å². The molecule has 0 aliphatic carbocycles. The third kappa shape index (κ3) is 3.94. The van der Waals surface area contributed by atoms with Crippen LogP contribution in [0.15, 0.2) is 56.8 Å². The van der Waals surface area contributed by atoms with Crippen LogP contribution in [0.25, 0.3) is 6.08 Å². The molecule has 2 aromatic rings. The molecule has 0 radical (unpaired) electrons. The third-order valence-electron chi connectivity index (χ3n) is 3.67. The number of hydrogen-bond donors (Lipinski definition) is 1. The van der Waals surface area contributed by atoms with Gasteiger partial charge in [-0.05, 0) is 55.1 Å². The molecule has 0 aromatic heterocycles. The van der Waals surface area contributed by atoms with E-state index in [1.807, 2.05) is 31.2 Å². The summed E-state index contributed by atoms with van der Waals surface area (Å²) in [5, 5.41) is 10.9. The van der Waals surface area contributed by atoms with E-state index in [9.17, 15) is 9.90 Å². The first-order chi connectivity index (χ1) is 12.5. The maximum absolute atomic E-state index is 12.5. The van der Waals surface area contributed by atoms with Crippen LogP contribution in [0.1, 0.15) is 12.5 Å². The lowest BCUT2D eigenvalue weighted by atomic mass is 10.1. The third-order valence-corrected chi connectivity index (χ3v) is 5.26. The number of thioether (sulfide) groups is 1. The normalized spacial score (nSPS) is 17.3. The number of aromatic hydroxyl groups is 1. The van der Waals surface area contributed by atoms with Crippen molar-refractivity contribution >= 4 is 50.5 Å². The minimum absolute atomic E-state index is 0.0243. The van der Waals surface area contributed by atoms with Crippen molar-refractivity contribution in [2.24, 2.45) is 4.99 Å². The molecule has 1 amide bonds. The Kier molecular flexibility index (Phi) is 5.68. The van der Waals surface area contributed by atoms with Crippen LogP contribution in [-0.2, 0) is 4.79 Å². The molecule has 1 N–H and O–H groups in total. The quantitative estimate of drug-likeness (QED) is 0.705. The van der Waals surface area contributed by atoms with Gasteiger partial charge < -0.3 is 9.84 Å². The fourth-order valence-corrected chi connectivity index (χ4v) is 3.59. The molecular weight excluding hydrogens is 416 g/mol. The molecule has 5 nitrogen and oxygen atoms in total. The Morgan fingerprint density at radius 2 is 2.00 bits per heavy atom. The van der Waals surface area contributed by atoms with E-state index in [0.29, 0.717) is 28.0 Å². The average Bonchev–Trinajstić information content (AvgIpc) is 2.88. The van der Waals surface area contributed by atoms with Crippen molar-refractivity contribution < 1.29 is 14.6 Å². The number of phenolic OH excluding ortho intramolecular Hbond substituents is 1. The number of likely N-dealkylation sites (N-methyl/N-ethyl adjacent to an activating group) is 1. The molecule has 0 spiro atoms. The second-order valence-corrected chi connectivity index (χ2v) is 7.40. The van der Waals surface area contributed by atoms with Gasteiger partial charge in [0.15, 0.2) is 16.7 Å².